The van der Waals surface area contributed by atoms with E-state index in [4.69, 9.17) is 5.73 Å². The second kappa shape index (κ2) is 6.09. The highest BCUT2D eigenvalue weighted by atomic mass is 16.6. The first-order chi connectivity index (χ1) is 10.2. The van der Waals surface area contributed by atoms with E-state index < -0.39 is 0 Å². The Labute approximate surface area is 124 Å². The molecule has 0 spiro atoms. The summed E-state index contributed by atoms with van der Waals surface area (Å²) in [7, 11) is 0. The average Bonchev–Trinajstić information content (AvgIpc) is 2.92. The average molecular weight is 290 g/mol. The van der Waals surface area contributed by atoms with Gasteiger partial charge in [0, 0.05) is 17.7 Å². The number of hydrogen-bond donors (Lipinski definition) is 3. The van der Waals surface area contributed by atoms with E-state index in [-0.39, 0.29) is 16.7 Å². The number of nitro groups is 1. The smallest absolute Gasteiger partial charge is 0.274 e. The molecule has 2 aliphatic rings. The van der Waals surface area contributed by atoms with Gasteiger partial charge in [0.2, 0.25) is 0 Å². The molecular weight excluding hydrogens is 268 g/mol. The maximum Gasteiger partial charge on any atom is 0.274 e. The van der Waals surface area contributed by atoms with Gasteiger partial charge in [0.1, 0.15) is 0 Å². The fourth-order valence-electron chi connectivity index (χ4n) is 4.03. The zero-order valence-corrected chi connectivity index (χ0v) is 12.0. The molecule has 4 N–H and O–H groups in total. The molecule has 1 aliphatic carbocycles. The second-order valence-electron chi connectivity index (χ2n) is 6.03. The molecule has 0 radical (unpaired) electrons. The molecule has 1 aromatic carbocycles. The molecule has 114 valence electrons. The van der Waals surface area contributed by atoms with Crippen LogP contribution < -0.4 is 16.6 Å². The molecule has 2 fully saturated rings. The number of nitrogens with two attached hydrogens (primary N) is 1. The molecular formula is C15H22N4O2. The lowest BCUT2D eigenvalue weighted by molar-refractivity contribution is -0.385. The lowest BCUT2D eigenvalue weighted by Crippen LogP contribution is -2.37. The Kier molecular flexibility index (Phi) is 4.19. The largest absolute Gasteiger partial charge is 0.330 e. The summed E-state index contributed by atoms with van der Waals surface area (Å²) in [6.07, 6.45) is 4.47. The molecule has 1 saturated carbocycles. The van der Waals surface area contributed by atoms with Crippen molar-refractivity contribution in [2.24, 2.45) is 17.6 Å². The summed E-state index contributed by atoms with van der Waals surface area (Å²) in [5.41, 5.74) is 13.4. The van der Waals surface area contributed by atoms with Crippen molar-refractivity contribution in [1.29, 1.82) is 0 Å². The van der Waals surface area contributed by atoms with Gasteiger partial charge in [0.15, 0.2) is 0 Å². The maximum atomic E-state index is 11.3. The van der Waals surface area contributed by atoms with Gasteiger partial charge in [0.25, 0.3) is 5.69 Å². The third-order valence-corrected chi connectivity index (χ3v) is 4.91. The Hall–Kier alpha value is -1.50. The minimum absolute atomic E-state index is 0.00606. The van der Waals surface area contributed by atoms with Crippen molar-refractivity contribution < 1.29 is 4.92 Å². The van der Waals surface area contributed by atoms with E-state index in [0.29, 0.717) is 24.4 Å². The second-order valence-corrected chi connectivity index (χ2v) is 6.03. The number of fused-ring (bicyclic) bond motifs is 1. The number of benzene rings is 1. The first kappa shape index (κ1) is 14.4. The lowest BCUT2D eigenvalue weighted by atomic mass is 9.70. The Bertz CT molecular complexity index is 520. The summed E-state index contributed by atoms with van der Waals surface area (Å²) in [5.74, 6) is 0.907. The van der Waals surface area contributed by atoms with Crippen LogP contribution in [0, 0.1) is 22.0 Å². The minimum Gasteiger partial charge on any atom is -0.330 e. The molecule has 0 bridgehead atoms. The van der Waals surface area contributed by atoms with Gasteiger partial charge in [-0.2, -0.15) is 0 Å². The summed E-state index contributed by atoms with van der Waals surface area (Å²) >= 11 is 0. The summed E-state index contributed by atoms with van der Waals surface area (Å²) in [6, 6.07) is 7.44. The van der Waals surface area contributed by atoms with Crippen molar-refractivity contribution in [2.75, 3.05) is 6.54 Å². The van der Waals surface area contributed by atoms with Crippen molar-refractivity contribution in [3.8, 4) is 0 Å². The molecule has 1 saturated heterocycles. The van der Waals surface area contributed by atoms with E-state index in [9.17, 15) is 10.1 Å². The summed E-state index contributed by atoms with van der Waals surface area (Å²) in [5, 5.41) is 11.3. The van der Waals surface area contributed by atoms with Crippen LogP contribution in [0.2, 0.25) is 0 Å². The van der Waals surface area contributed by atoms with Gasteiger partial charge >= 0.3 is 0 Å². The predicted octanol–water partition coefficient (Wildman–Crippen LogP) is 1.88. The normalized spacial score (nSPS) is 31.9. The summed E-state index contributed by atoms with van der Waals surface area (Å²) < 4.78 is 0. The van der Waals surface area contributed by atoms with Crippen LogP contribution in [0.1, 0.15) is 37.3 Å². The first-order valence-electron chi connectivity index (χ1n) is 7.67. The highest BCUT2D eigenvalue weighted by Gasteiger charge is 2.44. The fraction of sp³-hybridized carbons (Fsp3) is 0.600. The highest BCUT2D eigenvalue weighted by Crippen LogP contribution is 2.44. The van der Waals surface area contributed by atoms with E-state index in [2.05, 4.69) is 10.9 Å². The number of nitro benzene ring substituents is 1. The van der Waals surface area contributed by atoms with E-state index in [0.717, 1.165) is 18.4 Å². The lowest BCUT2D eigenvalue weighted by Gasteiger charge is -2.35. The van der Waals surface area contributed by atoms with Crippen LogP contribution in [0.4, 0.5) is 5.69 Å². The molecule has 4 atom stereocenters. The van der Waals surface area contributed by atoms with Gasteiger partial charge in [-0.15, -0.1) is 0 Å². The molecule has 3 rings (SSSR count). The van der Waals surface area contributed by atoms with Gasteiger partial charge < -0.3 is 5.73 Å². The maximum absolute atomic E-state index is 11.3. The molecule has 21 heavy (non-hydrogen) atoms. The fourth-order valence-corrected chi connectivity index (χ4v) is 4.03. The van der Waals surface area contributed by atoms with Crippen LogP contribution in [-0.4, -0.2) is 17.5 Å². The number of hydrazine groups is 1. The zero-order chi connectivity index (χ0) is 14.8. The number of nitrogens with zero attached hydrogens (tertiary/aromatic N) is 1. The Morgan fingerprint density at radius 2 is 2.10 bits per heavy atom. The van der Waals surface area contributed by atoms with E-state index in [1.807, 2.05) is 12.1 Å². The Morgan fingerprint density at radius 1 is 1.29 bits per heavy atom. The van der Waals surface area contributed by atoms with Crippen molar-refractivity contribution in [3.63, 3.8) is 0 Å². The quantitative estimate of drug-likeness (QED) is 0.581. The molecule has 1 aromatic rings. The number of rotatable bonds is 4. The number of hydrogen-bond acceptors (Lipinski definition) is 5. The third-order valence-electron chi connectivity index (χ3n) is 4.91. The Balaban J connectivity index is 1.93. The van der Waals surface area contributed by atoms with Crippen LogP contribution in [0.15, 0.2) is 24.3 Å². The van der Waals surface area contributed by atoms with Crippen molar-refractivity contribution in [3.05, 3.63) is 39.9 Å². The third kappa shape index (κ3) is 2.66. The summed E-state index contributed by atoms with van der Waals surface area (Å²) in [4.78, 5) is 11.0. The van der Waals surface area contributed by atoms with Crippen LogP contribution in [0.5, 0.6) is 0 Å². The number of nitrogens with one attached hydrogen (secondary N) is 2. The van der Waals surface area contributed by atoms with Gasteiger partial charge in [-0.3, -0.25) is 15.5 Å². The molecule has 1 heterocycles. The molecule has 6 nitrogen and oxygen atoms in total. The molecule has 0 aromatic heterocycles. The highest BCUT2D eigenvalue weighted by molar-refractivity contribution is 5.43. The number of para-hydroxylation sites is 1. The molecule has 0 amide bonds. The van der Waals surface area contributed by atoms with Crippen LogP contribution in [-0.2, 0) is 0 Å². The van der Waals surface area contributed by atoms with Crippen LogP contribution in [0.25, 0.3) is 0 Å². The van der Waals surface area contributed by atoms with E-state index in [1.54, 1.807) is 12.1 Å². The van der Waals surface area contributed by atoms with Gasteiger partial charge in [-0.1, -0.05) is 24.6 Å². The molecule has 6 heteroatoms. The predicted molar refractivity (Wildman–Crippen MR) is 80.4 cm³/mol. The van der Waals surface area contributed by atoms with Gasteiger partial charge in [-0.05, 0) is 37.6 Å². The van der Waals surface area contributed by atoms with Crippen LogP contribution >= 0.6 is 0 Å². The minimum atomic E-state index is -0.287. The van der Waals surface area contributed by atoms with Crippen molar-refractivity contribution in [1.82, 2.24) is 10.9 Å². The van der Waals surface area contributed by atoms with Gasteiger partial charge in [-0.25, -0.2) is 5.43 Å². The van der Waals surface area contributed by atoms with Crippen LogP contribution in [0.3, 0.4) is 0 Å². The zero-order valence-electron chi connectivity index (χ0n) is 12.0. The summed E-state index contributed by atoms with van der Waals surface area (Å²) in [6.45, 7) is 0.678. The topological polar surface area (TPSA) is 93.2 Å². The molecule has 4 unspecified atom stereocenters. The van der Waals surface area contributed by atoms with E-state index >= 15 is 0 Å². The SMILES string of the molecule is NCCC1CCCC2NNC(c3ccccc3[N+](=O)[O-])C12. The molecule has 1 aliphatic heterocycles. The van der Waals surface area contributed by atoms with Gasteiger partial charge in [0.05, 0.1) is 11.0 Å². The Morgan fingerprint density at radius 3 is 2.86 bits per heavy atom. The van der Waals surface area contributed by atoms with Crippen molar-refractivity contribution >= 4 is 5.69 Å². The van der Waals surface area contributed by atoms with Crippen molar-refractivity contribution in [2.45, 2.75) is 37.8 Å². The van der Waals surface area contributed by atoms with E-state index in [1.165, 1.54) is 12.8 Å². The first-order valence-corrected chi connectivity index (χ1v) is 7.67. The standard InChI is InChI=1S/C15H22N4O2/c16-9-8-10-4-3-6-12-14(10)15(18-17-12)11-5-1-2-7-13(11)19(20)21/h1-2,5,7,10,12,14-15,17-18H,3-4,6,8-9,16H2. The monoisotopic (exact) mass is 290 g/mol.